The van der Waals surface area contributed by atoms with Gasteiger partial charge in [0.2, 0.25) is 0 Å². The van der Waals surface area contributed by atoms with Gasteiger partial charge in [-0.2, -0.15) is 0 Å². The minimum atomic E-state index is 0.763. The highest BCUT2D eigenvalue weighted by Gasteiger charge is 2.13. The SMILES string of the molecule is CC1=C(C)O/C(=C/c2nc(C)c(C)s2)N1. The van der Waals surface area contributed by atoms with Gasteiger partial charge in [-0.05, 0) is 27.7 Å². The predicted octanol–water partition coefficient (Wildman–Crippen LogP) is 2.93. The van der Waals surface area contributed by atoms with Crippen molar-refractivity contribution >= 4 is 17.4 Å². The Morgan fingerprint density at radius 3 is 2.47 bits per heavy atom. The lowest BCUT2D eigenvalue weighted by atomic mass is 10.4. The van der Waals surface area contributed by atoms with Crippen molar-refractivity contribution in [3.8, 4) is 0 Å². The van der Waals surface area contributed by atoms with Crippen molar-refractivity contribution in [2.75, 3.05) is 0 Å². The summed E-state index contributed by atoms with van der Waals surface area (Å²) < 4.78 is 5.52. The molecule has 4 heteroatoms. The van der Waals surface area contributed by atoms with Crippen LogP contribution >= 0.6 is 11.3 Å². The molecular formula is C11H14N2OS. The summed E-state index contributed by atoms with van der Waals surface area (Å²) in [5.74, 6) is 1.69. The molecule has 0 atom stereocenters. The van der Waals surface area contributed by atoms with Gasteiger partial charge in [-0.25, -0.2) is 4.98 Å². The lowest BCUT2D eigenvalue weighted by Gasteiger charge is -1.97. The van der Waals surface area contributed by atoms with Gasteiger partial charge in [-0.1, -0.05) is 0 Å². The van der Waals surface area contributed by atoms with E-state index in [-0.39, 0.29) is 0 Å². The van der Waals surface area contributed by atoms with Crippen molar-refractivity contribution in [2.45, 2.75) is 27.7 Å². The average molecular weight is 222 g/mol. The number of rotatable bonds is 1. The number of nitrogens with zero attached hydrogens (tertiary/aromatic N) is 1. The Morgan fingerprint density at radius 2 is 2.00 bits per heavy atom. The zero-order valence-electron chi connectivity index (χ0n) is 9.34. The number of ether oxygens (including phenoxy) is 1. The second-order valence-electron chi connectivity index (χ2n) is 3.61. The molecule has 1 aliphatic heterocycles. The smallest absolute Gasteiger partial charge is 0.200 e. The van der Waals surface area contributed by atoms with Gasteiger partial charge in [0.25, 0.3) is 0 Å². The minimum Gasteiger partial charge on any atom is -0.444 e. The van der Waals surface area contributed by atoms with Crippen molar-refractivity contribution in [2.24, 2.45) is 0 Å². The standard InChI is InChI=1S/C11H14N2OS/c1-6-8(3)14-10(12-6)5-11-13-7(2)9(4)15-11/h5,12H,1-4H3/b10-5+. The number of allylic oxidation sites excluding steroid dienone is 2. The number of hydrogen-bond donors (Lipinski definition) is 1. The molecule has 0 aliphatic carbocycles. The number of aromatic nitrogens is 1. The van der Waals surface area contributed by atoms with Crippen LogP contribution in [0.1, 0.15) is 29.4 Å². The predicted molar refractivity (Wildman–Crippen MR) is 62.2 cm³/mol. The van der Waals surface area contributed by atoms with Gasteiger partial charge in [0, 0.05) is 11.0 Å². The largest absolute Gasteiger partial charge is 0.444 e. The van der Waals surface area contributed by atoms with Crippen molar-refractivity contribution < 1.29 is 4.74 Å². The lowest BCUT2D eigenvalue weighted by Crippen LogP contribution is -2.03. The minimum absolute atomic E-state index is 0.763. The molecule has 2 rings (SSSR count). The van der Waals surface area contributed by atoms with Crippen LogP contribution in [0.25, 0.3) is 6.08 Å². The number of nitrogens with one attached hydrogen (secondary N) is 1. The van der Waals surface area contributed by atoms with Gasteiger partial charge < -0.3 is 10.1 Å². The van der Waals surface area contributed by atoms with Crippen LogP contribution in [-0.4, -0.2) is 4.98 Å². The summed E-state index contributed by atoms with van der Waals surface area (Å²) in [4.78, 5) is 5.68. The quantitative estimate of drug-likeness (QED) is 0.793. The summed E-state index contributed by atoms with van der Waals surface area (Å²) >= 11 is 1.68. The highest BCUT2D eigenvalue weighted by atomic mass is 32.1. The van der Waals surface area contributed by atoms with Gasteiger partial charge in [-0.3, -0.25) is 0 Å². The first-order valence-electron chi connectivity index (χ1n) is 4.84. The lowest BCUT2D eigenvalue weighted by molar-refractivity contribution is 0.321. The Morgan fingerprint density at radius 1 is 1.27 bits per heavy atom. The zero-order valence-corrected chi connectivity index (χ0v) is 10.2. The highest BCUT2D eigenvalue weighted by molar-refractivity contribution is 7.12. The molecule has 0 bridgehead atoms. The molecule has 0 saturated carbocycles. The van der Waals surface area contributed by atoms with Gasteiger partial charge in [0.05, 0.1) is 11.4 Å². The van der Waals surface area contributed by atoms with Gasteiger partial charge in [0.15, 0.2) is 5.88 Å². The molecule has 0 radical (unpaired) electrons. The molecule has 1 aliphatic rings. The van der Waals surface area contributed by atoms with E-state index in [1.54, 1.807) is 11.3 Å². The summed E-state index contributed by atoms with van der Waals surface area (Å²) in [6, 6.07) is 0. The molecule has 0 spiro atoms. The van der Waals surface area contributed by atoms with Crippen molar-refractivity contribution in [3.05, 3.63) is 32.9 Å². The third-order valence-electron chi connectivity index (χ3n) is 2.40. The van der Waals surface area contributed by atoms with Crippen molar-refractivity contribution in [3.63, 3.8) is 0 Å². The molecule has 15 heavy (non-hydrogen) atoms. The Bertz CT molecular complexity index is 422. The van der Waals surface area contributed by atoms with Crippen LogP contribution in [0, 0.1) is 13.8 Å². The molecule has 80 valence electrons. The molecule has 1 aromatic heterocycles. The van der Waals surface area contributed by atoms with Gasteiger partial charge in [0.1, 0.15) is 10.8 Å². The van der Waals surface area contributed by atoms with E-state index in [0.717, 1.165) is 28.0 Å². The third kappa shape index (κ3) is 2.04. The zero-order chi connectivity index (χ0) is 11.0. The van der Waals surface area contributed by atoms with Crippen LogP contribution in [0.3, 0.4) is 0 Å². The van der Waals surface area contributed by atoms with Crippen molar-refractivity contribution in [1.82, 2.24) is 10.3 Å². The molecule has 3 nitrogen and oxygen atoms in total. The maximum Gasteiger partial charge on any atom is 0.200 e. The van der Waals surface area contributed by atoms with Crippen LogP contribution in [0.5, 0.6) is 0 Å². The van der Waals surface area contributed by atoms with Crippen molar-refractivity contribution in [1.29, 1.82) is 0 Å². The van der Waals surface area contributed by atoms with Crippen LogP contribution in [0.2, 0.25) is 0 Å². The number of aryl methyl sites for hydroxylation is 2. The monoisotopic (exact) mass is 222 g/mol. The van der Waals surface area contributed by atoms with E-state index in [9.17, 15) is 0 Å². The van der Waals surface area contributed by atoms with E-state index in [0.29, 0.717) is 0 Å². The summed E-state index contributed by atoms with van der Waals surface area (Å²) in [7, 11) is 0. The van der Waals surface area contributed by atoms with Crippen LogP contribution in [-0.2, 0) is 4.74 Å². The molecule has 0 amide bonds. The molecule has 0 unspecified atom stereocenters. The van der Waals surface area contributed by atoms with Crippen LogP contribution < -0.4 is 5.32 Å². The molecule has 0 saturated heterocycles. The highest BCUT2D eigenvalue weighted by Crippen LogP contribution is 2.22. The first kappa shape index (κ1) is 10.2. The van der Waals surface area contributed by atoms with Gasteiger partial charge in [-0.15, -0.1) is 11.3 Å². The third-order valence-corrected chi connectivity index (χ3v) is 3.42. The maximum absolute atomic E-state index is 5.52. The Labute approximate surface area is 93.5 Å². The first-order valence-corrected chi connectivity index (χ1v) is 5.66. The summed E-state index contributed by atoms with van der Waals surface area (Å²) in [6.07, 6.45) is 1.94. The average Bonchev–Trinajstić information content (AvgIpc) is 2.59. The van der Waals surface area contributed by atoms with E-state index in [4.69, 9.17) is 4.74 Å². The molecule has 1 aromatic rings. The summed E-state index contributed by atoms with van der Waals surface area (Å²) in [5, 5.41) is 4.15. The fourth-order valence-electron chi connectivity index (χ4n) is 1.28. The van der Waals surface area contributed by atoms with E-state index < -0.39 is 0 Å². The molecule has 0 aromatic carbocycles. The molecule has 2 heterocycles. The fourth-order valence-corrected chi connectivity index (χ4v) is 2.13. The number of thiazole rings is 1. The molecule has 1 N–H and O–H groups in total. The topological polar surface area (TPSA) is 34.1 Å². The van der Waals surface area contributed by atoms with E-state index >= 15 is 0 Å². The summed E-state index contributed by atoms with van der Waals surface area (Å²) in [5.41, 5.74) is 2.15. The normalized spacial score (nSPS) is 18.3. The first-order chi connectivity index (χ1) is 7.06. The molecule has 0 fully saturated rings. The Kier molecular flexibility index (Phi) is 2.52. The van der Waals surface area contributed by atoms with E-state index in [2.05, 4.69) is 17.2 Å². The van der Waals surface area contributed by atoms with Crippen LogP contribution in [0.4, 0.5) is 0 Å². The maximum atomic E-state index is 5.52. The van der Waals surface area contributed by atoms with E-state index in [1.165, 1.54) is 4.88 Å². The second-order valence-corrected chi connectivity index (χ2v) is 4.85. The summed E-state index contributed by atoms with van der Waals surface area (Å²) in [6.45, 7) is 8.04. The van der Waals surface area contributed by atoms with Crippen LogP contribution in [0.15, 0.2) is 17.3 Å². The Balaban J connectivity index is 2.19. The second kappa shape index (κ2) is 3.70. The molecular weight excluding hydrogens is 208 g/mol. The van der Waals surface area contributed by atoms with Gasteiger partial charge >= 0.3 is 0 Å². The number of hydrogen-bond acceptors (Lipinski definition) is 4. The van der Waals surface area contributed by atoms with E-state index in [1.807, 2.05) is 26.8 Å². The Hall–Kier alpha value is -1.29. The fraction of sp³-hybridized carbons (Fsp3) is 0.364.